The minimum Gasteiger partial charge on any atom is -0.312 e. The summed E-state index contributed by atoms with van der Waals surface area (Å²) in [6.07, 6.45) is -4.50. The van der Waals surface area contributed by atoms with E-state index in [1.54, 1.807) is 24.3 Å². The Labute approximate surface area is 165 Å². The van der Waals surface area contributed by atoms with Crippen molar-refractivity contribution < 1.29 is 26.4 Å². The molecule has 0 bridgehead atoms. The molecular formula is C18H16ClF3N2O3S. The molecule has 0 aromatic heterocycles. The molecule has 2 aromatic carbocycles. The predicted octanol–water partition coefficient (Wildman–Crippen LogP) is 3.69. The van der Waals surface area contributed by atoms with Crippen LogP contribution in [0.2, 0.25) is 5.02 Å². The topological polar surface area (TPSA) is 66.5 Å². The van der Waals surface area contributed by atoms with Crippen LogP contribution >= 0.6 is 11.6 Å². The Balaban J connectivity index is 1.67. The number of carbonyl (C=O) groups excluding carboxylic acids is 1. The average Bonchev–Trinajstić information content (AvgIpc) is 3.01. The number of nitrogens with zero attached hydrogens (tertiary/aromatic N) is 1. The van der Waals surface area contributed by atoms with Crippen molar-refractivity contribution in [3.05, 3.63) is 59.1 Å². The second kappa shape index (κ2) is 7.73. The van der Waals surface area contributed by atoms with Crippen molar-refractivity contribution in [2.45, 2.75) is 17.5 Å². The highest BCUT2D eigenvalue weighted by atomic mass is 35.5. The molecule has 1 fully saturated rings. The van der Waals surface area contributed by atoms with E-state index in [1.165, 1.54) is 4.90 Å². The van der Waals surface area contributed by atoms with Crippen LogP contribution in [0, 0.1) is 5.92 Å². The summed E-state index contributed by atoms with van der Waals surface area (Å²) in [6, 6.07) is 10.2. The van der Waals surface area contributed by atoms with Gasteiger partial charge in [-0.3, -0.25) is 4.79 Å². The first-order valence-electron chi connectivity index (χ1n) is 8.29. The van der Waals surface area contributed by atoms with Gasteiger partial charge in [0.1, 0.15) is 0 Å². The molecule has 2 aromatic rings. The number of carbonyl (C=O) groups is 1. The highest BCUT2D eigenvalue weighted by molar-refractivity contribution is 7.89. The molecule has 1 heterocycles. The highest BCUT2D eigenvalue weighted by Gasteiger charge is 2.33. The molecule has 0 aliphatic carbocycles. The molecule has 0 saturated carbocycles. The van der Waals surface area contributed by atoms with Gasteiger partial charge >= 0.3 is 6.18 Å². The Morgan fingerprint density at radius 2 is 1.82 bits per heavy atom. The number of hydrogen-bond acceptors (Lipinski definition) is 3. The van der Waals surface area contributed by atoms with E-state index in [0.29, 0.717) is 23.3 Å². The second-order valence-electron chi connectivity index (χ2n) is 6.43. The van der Waals surface area contributed by atoms with Gasteiger partial charge in [0.15, 0.2) is 0 Å². The Bertz CT molecular complexity index is 978. The van der Waals surface area contributed by atoms with E-state index in [1.807, 2.05) is 0 Å². The number of nitrogens with one attached hydrogen (secondary N) is 1. The van der Waals surface area contributed by atoms with E-state index in [9.17, 15) is 26.4 Å². The van der Waals surface area contributed by atoms with Crippen LogP contribution in [0.25, 0.3) is 0 Å². The molecule has 1 aliphatic heterocycles. The largest absolute Gasteiger partial charge is 0.416 e. The lowest BCUT2D eigenvalue weighted by molar-refractivity contribution is -0.137. The maximum absolute atomic E-state index is 12.8. The van der Waals surface area contributed by atoms with Gasteiger partial charge in [-0.15, -0.1) is 0 Å². The monoisotopic (exact) mass is 432 g/mol. The molecule has 5 nitrogen and oxygen atoms in total. The molecular weight excluding hydrogens is 417 g/mol. The van der Waals surface area contributed by atoms with Gasteiger partial charge in [0.2, 0.25) is 15.9 Å². The van der Waals surface area contributed by atoms with Crippen molar-refractivity contribution >= 4 is 33.2 Å². The van der Waals surface area contributed by atoms with Crippen molar-refractivity contribution in [2.75, 3.05) is 18.0 Å². The zero-order valence-corrected chi connectivity index (χ0v) is 16.0. The molecule has 1 saturated heterocycles. The lowest BCUT2D eigenvalue weighted by Crippen LogP contribution is -2.31. The van der Waals surface area contributed by atoms with E-state index < -0.39 is 26.7 Å². The van der Waals surface area contributed by atoms with Crippen LogP contribution < -0.4 is 9.62 Å². The Kier molecular flexibility index (Phi) is 5.69. The summed E-state index contributed by atoms with van der Waals surface area (Å²) in [5, 5.41) is 0.529. The number of anilines is 1. The van der Waals surface area contributed by atoms with Crippen molar-refractivity contribution in [1.29, 1.82) is 0 Å². The van der Waals surface area contributed by atoms with Crippen LogP contribution in [0.4, 0.5) is 18.9 Å². The molecule has 0 spiro atoms. The third-order valence-electron chi connectivity index (χ3n) is 4.38. The number of alkyl halides is 3. The van der Waals surface area contributed by atoms with Crippen molar-refractivity contribution in [1.82, 2.24) is 4.72 Å². The Hall–Kier alpha value is -2.10. The van der Waals surface area contributed by atoms with Gasteiger partial charge in [-0.05, 0) is 48.4 Å². The predicted molar refractivity (Wildman–Crippen MR) is 98.5 cm³/mol. The smallest absolute Gasteiger partial charge is 0.312 e. The van der Waals surface area contributed by atoms with E-state index >= 15 is 0 Å². The van der Waals surface area contributed by atoms with Gasteiger partial charge < -0.3 is 4.90 Å². The summed E-state index contributed by atoms with van der Waals surface area (Å²) >= 11 is 5.83. The molecule has 150 valence electrons. The molecule has 10 heteroatoms. The number of sulfonamides is 1. The minimum absolute atomic E-state index is 0.0611. The average molecular weight is 433 g/mol. The van der Waals surface area contributed by atoms with E-state index in [-0.39, 0.29) is 24.8 Å². The fourth-order valence-electron chi connectivity index (χ4n) is 2.94. The molecule has 1 aliphatic rings. The maximum atomic E-state index is 12.8. The molecule has 1 N–H and O–H groups in total. The molecule has 1 atom stereocenters. The van der Waals surface area contributed by atoms with Gasteiger partial charge in [0.25, 0.3) is 0 Å². The number of halogens is 4. The van der Waals surface area contributed by atoms with E-state index in [0.717, 1.165) is 18.2 Å². The first kappa shape index (κ1) is 20.6. The molecule has 28 heavy (non-hydrogen) atoms. The summed E-state index contributed by atoms with van der Waals surface area (Å²) in [4.78, 5) is 13.3. The van der Waals surface area contributed by atoms with Crippen molar-refractivity contribution in [3.8, 4) is 0 Å². The van der Waals surface area contributed by atoms with Crippen LogP contribution in [0.15, 0.2) is 53.4 Å². The number of benzene rings is 2. The van der Waals surface area contributed by atoms with Crippen LogP contribution in [0.5, 0.6) is 0 Å². The van der Waals surface area contributed by atoms with Crippen molar-refractivity contribution in [2.24, 2.45) is 5.92 Å². The zero-order valence-electron chi connectivity index (χ0n) is 14.4. The van der Waals surface area contributed by atoms with Gasteiger partial charge in [-0.2, -0.15) is 13.2 Å². The Morgan fingerprint density at radius 1 is 1.14 bits per heavy atom. The second-order valence-corrected chi connectivity index (χ2v) is 8.63. The first-order valence-corrected chi connectivity index (χ1v) is 10.2. The van der Waals surface area contributed by atoms with Crippen LogP contribution in [-0.4, -0.2) is 27.4 Å². The summed E-state index contributed by atoms with van der Waals surface area (Å²) in [5.74, 6) is -0.464. The Morgan fingerprint density at radius 3 is 2.46 bits per heavy atom. The van der Waals surface area contributed by atoms with Gasteiger partial charge in [-0.1, -0.05) is 17.7 Å². The lowest BCUT2D eigenvalue weighted by atomic mass is 10.1. The standard InChI is InChI=1S/C18H16ClF3N2O3S/c19-14-4-6-15(7-5-14)24-11-12(8-17(24)25)10-23-28(26,27)16-3-1-2-13(9-16)18(20,21)22/h1-7,9,12,23H,8,10-11H2/t12-/m0/s1. The highest BCUT2D eigenvalue weighted by Crippen LogP contribution is 2.31. The lowest BCUT2D eigenvalue weighted by Gasteiger charge is -2.17. The van der Waals surface area contributed by atoms with Gasteiger partial charge in [-0.25, -0.2) is 13.1 Å². The number of hydrogen-bond donors (Lipinski definition) is 1. The number of rotatable bonds is 5. The first-order chi connectivity index (χ1) is 13.1. The van der Waals surface area contributed by atoms with Gasteiger partial charge in [0, 0.05) is 30.2 Å². The van der Waals surface area contributed by atoms with Crippen molar-refractivity contribution in [3.63, 3.8) is 0 Å². The van der Waals surface area contributed by atoms with E-state index in [2.05, 4.69) is 4.72 Å². The molecule has 0 unspecified atom stereocenters. The number of amides is 1. The SMILES string of the molecule is O=C1C[C@@H](CNS(=O)(=O)c2cccc(C(F)(F)F)c2)CN1c1ccc(Cl)cc1. The van der Waals surface area contributed by atoms with Gasteiger partial charge in [0.05, 0.1) is 10.5 Å². The summed E-state index contributed by atoms with van der Waals surface area (Å²) in [6.45, 7) is 0.236. The normalized spacial score (nSPS) is 17.9. The third kappa shape index (κ3) is 4.65. The van der Waals surface area contributed by atoms with E-state index in [4.69, 9.17) is 11.6 Å². The third-order valence-corrected chi connectivity index (χ3v) is 6.05. The van der Waals surface area contributed by atoms with Crippen LogP contribution in [0.1, 0.15) is 12.0 Å². The van der Waals surface area contributed by atoms with Crippen LogP contribution in [-0.2, 0) is 21.0 Å². The van der Waals surface area contributed by atoms with Crippen LogP contribution in [0.3, 0.4) is 0 Å². The summed E-state index contributed by atoms with van der Waals surface area (Å²) < 4.78 is 65.4. The quantitative estimate of drug-likeness (QED) is 0.783. The molecule has 1 amide bonds. The summed E-state index contributed by atoms with van der Waals surface area (Å²) in [7, 11) is -4.13. The molecule has 3 rings (SSSR count). The fourth-order valence-corrected chi connectivity index (χ4v) is 4.23. The zero-order chi connectivity index (χ0) is 20.5. The maximum Gasteiger partial charge on any atom is 0.416 e. The summed E-state index contributed by atoms with van der Waals surface area (Å²) in [5.41, 5.74) is -0.391. The fraction of sp³-hybridized carbons (Fsp3) is 0.278. The minimum atomic E-state index is -4.64. The molecule has 0 radical (unpaired) electrons.